The van der Waals surface area contributed by atoms with Gasteiger partial charge < -0.3 is 14.4 Å². The van der Waals surface area contributed by atoms with Gasteiger partial charge in [0.05, 0.1) is 19.7 Å². The second-order valence-corrected chi connectivity index (χ2v) is 7.28. The number of hydrogen-bond donors (Lipinski definition) is 0. The molecule has 140 valence electrons. The van der Waals surface area contributed by atoms with Crippen LogP contribution in [0.15, 0.2) is 43.0 Å². The fourth-order valence-corrected chi connectivity index (χ4v) is 4.09. The number of rotatable bonds is 6. The Balaban J connectivity index is 1.16. The third kappa shape index (κ3) is 3.15. The van der Waals surface area contributed by atoms with E-state index in [0.29, 0.717) is 12.5 Å². The van der Waals surface area contributed by atoms with Crippen LogP contribution in [0.1, 0.15) is 18.4 Å². The summed E-state index contributed by atoms with van der Waals surface area (Å²) >= 11 is 0. The molecule has 0 saturated carbocycles. The maximum atomic E-state index is 6.16. The van der Waals surface area contributed by atoms with Crippen LogP contribution in [-0.2, 0) is 16.1 Å². The fraction of sp³-hybridized carbons (Fsp3) is 0.474. The molecule has 0 aromatic carbocycles. The lowest BCUT2D eigenvalue weighted by Crippen LogP contribution is -2.65. The van der Waals surface area contributed by atoms with Crippen LogP contribution in [0.5, 0.6) is 0 Å². The molecule has 2 fully saturated rings. The monoisotopic (exact) mass is 366 g/mol. The van der Waals surface area contributed by atoms with E-state index in [1.807, 2.05) is 24.3 Å². The Morgan fingerprint density at radius 3 is 2.96 bits per heavy atom. The van der Waals surface area contributed by atoms with Gasteiger partial charge in [0.15, 0.2) is 5.65 Å². The molecule has 1 spiro atoms. The summed E-state index contributed by atoms with van der Waals surface area (Å²) in [4.78, 5) is 6.29. The summed E-state index contributed by atoms with van der Waals surface area (Å²) < 4.78 is 13.7. The van der Waals surface area contributed by atoms with E-state index in [1.54, 1.807) is 23.2 Å². The van der Waals surface area contributed by atoms with Crippen LogP contribution in [0.4, 0.5) is 5.82 Å². The number of anilines is 1. The minimum Gasteiger partial charge on any atom is -0.377 e. The predicted molar refractivity (Wildman–Crippen MR) is 98.3 cm³/mol. The number of ether oxygens (including phenoxy) is 2. The highest BCUT2D eigenvalue weighted by Crippen LogP contribution is 2.42. The van der Waals surface area contributed by atoms with Crippen molar-refractivity contribution in [2.24, 2.45) is 5.92 Å². The molecule has 0 aliphatic carbocycles. The predicted octanol–water partition coefficient (Wildman–Crippen LogP) is 1.72. The number of fused-ring (bicyclic) bond motifs is 1. The van der Waals surface area contributed by atoms with Gasteiger partial charge in [0.25, 0.3) is 0 Å². The quantitative estimate of drug-likeness (QED) is 0.615. The zero-order chi connectivity index (χ0) is 18.1. The molecule has 0 amide bonds. The molecular weight excluding hydrogens is 344 g/mol. The molecule has 0 N–H and O–H groups in total. The van der Waals surface area contributed by atoms with Gasteiger partial charge in [0, 0.05) is 25.6 Å². The Bertz CT molecular complexity index is 909. The molecule has 8 heteroatoms. The van der Waals surface area contributed by atoms with Gasteiger partial charge in [0.2, 0.25) is 0 Å². The van der Waals surface area contributed by atoms with Crippen molar-refractivity contribution in [3.05, 3.63) is 48.5 Å². The summed E-state index contributed by atoms with van der Waals surface area (Å²) in [5.41, 5.74) is 1.87. The van der Waals surface area contributed by atoms with E-state index in [9.17, 15) is 0 Å². The lowest BCUT2D eigenvalue weighted by Gasteiger charge is -2.50. The van der Waals surface area contributed by atoms with Crippen LogP contribution in [-0.4, -0.2) is 56.7 Å². The minimum absolute atomic E-state index is 0.0517. The van der Waals surface area contributed by atoms with Crippen molar-refractivity contribution in [2.75, 3.05) is 31.2 Å². The van der Waals surface area contributed by atoms with Crippen LogP contribution >= 0.6 is 0 Å². The van der Waals surface area contributed by atoms with Crippen molar-refractivity contribution >= 4 is 11.5 Å². The van der Waals surface area contributed by atoms with Crippen molar-refractivity contribution in [1.82, 2.24) is 24.8 Å². The zero-order valence-electron chi connectivity index (χ0n) is 15.1. The minimum atomic E-state index is -0.0517. The highest BCUT2D eigenvalue weighted by Gasteiger charge is 2.53. The second kappa shape index (κ2) is 6.86. The van der Waals surface area contributed by atoms with Crippen LogP contribution in [0.2, 0.25) is 0 Å². The van der Waals surface area contributed by atoms with Crippen LogP contribution in [0.3, 0.4) is 0 Å². The Morgan fingerprint density at radius 1 is 1.19 bits per heavy atom. The summed E-state index contributed by atoms with van der Waals surface area (Å²) in [5, 5.41) is 12.5. The van der Waals surface area contributed by atoms with Crippen molar-refractivity contribution in [1.29, 1.82) is 0 Å². The Morgan fingerprint density at radius 2 is 2.07 bits per heavy atom. The molecule has 5 heterocycles. The zero-order valence-corrected chi connectivity index (χ0v) is 15.1. The van der Waals surface area contributed by atoms with E-state index < -0.39 is 0 Å². The molecule has 3 aromatic rings. The summed E-state index contributed by atoms with van der Waals surface area (Å²) in [6.07, 6.45) is 7.35. The molecule has 5 rings (SSSR count). The molecule has 3 aromatic heterocycles. The van der Waals surface area contributed by atoms with Crippen LogP contribution < -0.4 is 4.90 Å². The first-order valence-corrected chi connectivity index (χ1v) is 9.35. The summed E-state index contributed by atoms with van der Waals surface area (Å²) in [7, 11) is 0. The van der Waals surface area contributed by atoms with E-state index in [-0.39, 0.29) is 5.60 Å². The molecule has 0 radical (unpaired) electrons. The highest BCUT2D eigenvalue weighted by atomic mass is 16.5. The number of aromatic nitrogens is 5. The van der Waals surface area contributed by atoms with E-state index in [2.05, 4.69) is 25.2 Å². The van der Waals surface area contributed by atoms with Crippen LogP contribution in [0, 0.1) is 5.92 Å². The molecule has 2 aliphatic heterocycles. The van der Waals surface area contributed by atoms with E-state index in [0.717, 1.165) is 56.2 Å². The second-order valence-electron chi connectivity index (χ2n) is 7.28. The third-order valence-electron chi connectivity index (χ3n) is 5.62. The maximum Gasteiger partial charge on any atom is 0.177 e. The molecule has 8 nitrogen and oxygen atoms in total. The van der Waals surface area contributed by atoms with Gasteiger partial charge in [-0.1, -0.05) is 0 Å². The normalized spacial score (nSPS) is 21.0. The van der Waals surface area contributed by atoms with Gasteiger partial charge in [-0.25, -0.2) is 0 Å². The number of pyridine rings is 1. The first-order valence-electron chi connectivity index (χ1n) is 9.35. The topological polar surface area (TPSA) is 77.7 Å². The lowest BCUT2D eigenvalue weighted by atomic mass is 9.79. The summed E-state index contributed by atoms with van der Waals surface area (Å²) in [6.45, 7) is 3.98. The smallest absolute Gasteiger partial charge is 0.177 e. The first-order chi connectivity index (χ1) is 13.3. The van der Waals surface area contributed by atoms with Gasteiger partial charge >= 0.3 is 0 Å². The van der Waals surface area contributed by atoms with Crippen molar-refractivity contribution in [2.45, 2.75) is 25.0 Å². The van der Waals surface area contributed by atoms with Gasteiger partial charge in [-0.05, 0) is 48.6 Å². The molecule has 1 atom stereocenters. The van der Waals surface area contributed by atoms with Crippen molar-refractivity contribution in [3.63, 3.8) is 0 Å². The van der Waals surface area contributed by atoms with Gasteiger partial charge in [-0.15, -0.1) is 15.3 Å². The maximum absolute atomic E-state index is 6.16. The summed E-state index contributed by atoms with van der Waals surface area (Å²) in [6, 6.07) is 7.92. The van der Waals surface area contributed by atoms with Gasteiger partial charge in [-0.3, -0.25) is 4.98 Å². The highest BCUT2D eigenvalue weighted by molar-refractivity contribution is 5.48. The average molecular weight is 366 g/mol. The SMILES string of the molecule is c1cc(COCCC2CCOC23CN(c2ccc4nncn4n2)C3)ccn1. The Kier molecular flexibility index (Phi) is 4.21. The molecule has 0 bridgehead atoms. The summed E-state index contributed by atoms with van der Waals surface area (Å²) in [5.74, 6) is 1.47. The van der Waals surface area contributed by atoms with Gasteiger partial charge in [-0.2, -0.15) is 4.52 Å². The van der Waals surface area contributed by atoms with E-state index in [1.165, 1.54) is 0 Å². The average Bonchev–Trinajstić information content (AvgIpc) is 3.31. The number of nitrogens with zero attached hydrogens (tertiary/aromatic N) is 6. The third-order valence-corrected chi connectivity index (χ3v) is 5.62. The lowest BCUT2D eigenvalue weighted by molar-refractivity contribution is -0.0512. The Hall–Kier alpha value is -2.58. The van der Waals surface area contributed by atoms with Gasteiger partial charge in [0.1, 0.15) is 17.7 Å². The molecule has 2 aliphatic rings. The van der Waals surface area contributed by atoms with E-state index in [4.69, 9.17) is 9.47 Å². The van der Waals surface area contributed by atoms with Crippen LogP contribution in [0.25, 0.3) is 5.65 Å². The fourth-order valence-electron chi connectivity index (χ4n) is 4.09. The number of hydrogen-bond acceptors (Lipinski definition) is 7. The van der Waals surface area contributed by atoms with Crippen molar-refractivity contribution < 1.29 is 9.47 Å². The largest absolute Gasteiger partial charge is 0.377 e. The standard InChI is InChI=1S/C19H22N6O2/c1-2-18(23-25-14-21-22-17(1)25)24-12-19(13-24)16(6-10-27-19)5-9-26-11-15-3-7-20-8-4-15/h1-4,7-8,14,16H,5-6,9-13H2. The first kappa shape index (κ1) is 16.6. The molecule has 27 heavy (non-hydrogen) atoms. The molecular formula is C19H22N6O2. The van der Waals surface area contributed by atoms with E-state index >= 15 is 0 Å². The molecule has 1 unspecified atom stereocenters. The Labute approximate surface area is 157 Å². The molecule has 2 saturated heterocycles. The van der Waals surface area contributed by atoms with Crippen molar-refractivity contribution in [3.8, 4) is 0 Å².